The Morgan fingerprint density at radius 1 is 1.19 bits per heavy atom. The Morgan fingerprint density at radius 3 is 2.62 bits per heavy atom. The summed E-state index contributed by atoms with van der Waals surface area (Å²) < 4.78 is 35.5. The average molecular weight is 442 g/mol. The molecule has 0 saturated carbocycles. The lowest BCUT2D eigenvalue weighted by Crippen LogP contribution is -2.38. The fourth-order valence-electron chi connectivity index (χ4n) is 4.73. The SMILES string of the molecule is COCCn1cc(C(=O)N2CCC(c3cc(CN)c(F)cc3F)CC2)c2cccc(C)c21. The number of aromatic nitrogens is 1. The summed E-state index contributed by atoms with van der Waals surface area (Å²) in [5.74, 6) is -1.23. The first-order chi connectivity index (χ1) is 15.4. The number of nitrogens with zero attached hydrogens (tertiary/aromatic N) is 2. The van der Waals surface area contributed by atoms with Crippen LogP contribution >= 0.6 is 0 Å². The van der Waals surface area contributed by atoms with E-state index in [9.17, 15) is 13.6 Å². The van der Waals surface area contributed by atoms with Gasteiger partial charge in [-0.3, -0.25) is 4.79 Å². The standard InChI is InChI=1S/C25H29F2N3O2/c1-16-4-3-5-19-21(15-30(24(16)19)10-11-32-2)25(31)29-8-6-17(7-9-29)20-12-18(14-28)22(26)13-23(20)27/h3-5,12-13,15,17H,6-11,14,28H2,1-2H3. The van der Waals surface area contributed by atoms with E-state index in [1.807, 2.05) is 36.2 Å². The normalized spacial score (nSPS) is 15.0. The highest BCUT2D eigenvalue weighted by atomic mass is 19.1. The van der Waals surface area contributed by atoms with Gasteiger partial charge in [0, 0.05) is 56.5 Å². The number of carbonyl (C=O) groups is 1. The van der Waals surface area contributed by atoms with Crippen LogP contribution in [-0.2, 0) is 17.8 Å². The molecule has 1 aliphatic rings. The smallest absolute Gasteiger partial charge is 0.256 e. The first kappa shape index (κ1) is 22.4. The number of fused-ring (bicyclic) bond motifs is 1. The highest BCUT2D eigenvalue weighted by Gasteiger charge is 2.28. The maximum Gasteiger partial charge on any atom is 0.256 e. The molecule has 0 unspecified atom stereocenters. The van der Waals surface area contributed by atoms with Crippen LogP contribution in [0.15, 0.2) is 36.5 Å². The van der Waals surface area contributed by atoms with Crippen LogP contribution in [-0.4, -0.2) is 42.2 Å². The predicted octanol–water partition coefficient (Wildman–Crippen LogP) is 4.35. The van der Waals surface area contributed by atoms with E-state index in [4.69, 9.17) is 10.5 Å². The second-order valence-electron chi connectivity index (χ2n) is 8.44. The van der Waals surface area contributed by atoms with Crippen LogP contribution in [0.5, 0.6) is 0 Å². The molecule has 1 amide bonds. The molecule has 170 valence electrons. The molecule has 32 heavy (non-hydrogen) atoms. The Balaban J connectivity index is 1.54. The summed E-state index contributed by atoms with van der Waals surface area (Å²) in [5.41, 5.74) is 9.23. The third-order valence-electron chi connectivity index (χ3n) is 6.47. The zero-order valence-corrected chi connectivity index (χ0v) is 18.5. The molecule has 1 saturated heterocycles. The maximum absolute atomic E-state index is 14.4. The molecule has 1 aromatic heterocycles. The molecular formula is C25H29F2N3O2. The third-order valence-corrected chi connectivity index (χ3v) is 6.47. The summed E-state index contributed by atoms with van der Waals surface area (Å²) in [4.78, 5) is 15.2. The first-order valence-corrected chi connectivity index (χ1v) is 11.0. The number of aryl methyl sites for hydroxylation is 1. The van der Waals surface area contributed by atoms with Gasteiger partial charge < -0.3 is 19.9 Å². The van der Waals surface area contributed by atoms with E-state index in [-0.39, 0.29) is 18.4 Å². The van der Waals surface area contributed by atoms with Gasteiger partial charge in [-0.25, -0.2) is 8.78 Å². The van der Waals surface area contributed by atoms with Crippen LogP contribution < -0.4 is 5.73 Å². The molecule has 1 fully saturated rings. The van der Waals surface area contributed by atoms with Gasteiger partial charge in [0.2, 0.25) is 0 Å². The number of amides is 1. The van der Waals surface area contributed by atoms with E-state index in [0.717, 1.165) is 22.5 Å². The quantitative estimate of drug-likeness (QED) is 0.619. The monoisotopic (exact) mass is 441 g/mol. The summed E-state index contributed by atoms with van der Waals surface area (Å²) in [5, 5.41) is 0.936. The molecule has 2 heterocycles. The highest BCUT2D eigenvalue weighted by molar-refractivity contribution is 6.07. The molecule has 7 heteroatoms. The van der Waals surface area contributed by atoms with E-state index in [0.29, 0.717) is 55.8 Å². The van der Waals surface area contributed by atoms with Crippen molar-refractivity contribution in [1.29, 1.82) is 0 Å². The highest BCUT2D eigenvalue weighted by Crippen LogP contribution is 2.33. The van der Waals surface area contributed by atoms with E-state index >= 15 is 0 Å². The average Bonchev–Trinajstić information content (AvgIpc) is 3.17. The number of rotatable bonds is 6. The number of benzene rings is 2. The molecule has 0 radical (unpaired) electrons. The molecule has 2 N–H and O–H groups in total. The molecule has 0 aliphatic carbocycles. The fraction of sp³-hybridized carbons (Fsp3) is 0.400. The molecule has 3 aromatic rings. The largest absolute Gasteiger partial charge is 0.383 e. The number of piperidine rings is 1. The van der Waals surface area contributed by atoms with Crippen LogP contribution in [0.3, 0.4) is 0 Å². The van der Waals surface area contributed by atoms with Crippen molar-refractivity contribution < 1.29 is 18.3 Å². The Morgan fingerprint density at radius 2 is 1.94 bits per heavy atom. The number of nitrogens with two attached hydrogens (primary N) is 1. The van der Waals surface area contributed by atoms with Crippen LogP contribution in [0.2, 0.25) is 0 Å². The zero-order chi connectivity index (χ0) is 22.8. The second-order valence-corrected chi connectivity index (χ2v) is 8.44. The van der Waals surface area contributed by atoms with Gasteiger partial charge in [-0.1, -0.05) is 18.2 Å². The summed E-state index contributed by atoms with van der Waals surface area (Å²) in [6, 6.07) is 8.45. The second kappa shape index (κ2) is 9.38. The molecule has 1 aliphatic heterocycles. The zero-order valence-electron chi connectivity index (χ0n) is 18.5. The van der Waals surface area contributed by atoms with Crippen molar-refractivity contribution in [3.8, 4) is 0 Å². The fourth-order valence-corrected chi connectivity index (χ4v) is 4.73. The predicted molar refractivity (Wildman–Crippen MR) is 121 cm³/mol. The van der Waals surface area contributed by atoms with Gasteiger partial charge in [0.15, 0.2) is 0 Å². The Labute approximate surface area is 186 Å². The van der Waals surface area contributed by atoms with Crippen molar-refractivity contribution in [3.63, 3.8) is 0 Å². The number of likely N-dealkylation sites (tertiary alicyclic amines) is 1. The lowest BCUT2D eigenvalue weighted by atomic mass is 9.87. The molecule has 5 nitrogen and oxygen atoms in total. The summed E-state index contributed by atoms with van der Waals surface area (Å²) in [7, 11) is 1.66. The van der Waals surface area contributed by atoms with E-state index in [1.165, 1.54) is 0 Å². The van der Waals surface area contributed by atoms with E-state index in [1.54, 1.807) is 13.2 Å². The number of hydrogen-bond acceptors (Lipinski definition) is 3. The molecule has 2 aromatic carbocycles. The number of methoxy groups -OCH3 is 1. The minimum atomic E-state index is -0.610. The van der Waals surface area contributed by atoms with Crippen molar-refractivity contribution in [3.05, 3.63) is 70.4 Å². The van der Waals surface area contributed by atoms with Crippen molar-refractivity contribution in [2.75, 3.05) is 26.8 Å². The maximum atomic E-state index is 14.4. The summed E-state index contributed by atoms with van der Waals surface area (Å²) in [6.07, 6.45) is 3.16. The lowest BCUT2D eigenvalue weighted by Gasteiger charge is -2.32. The number of halogens is 2. The van der Waals surface area contributed by atoms with Crippen molar-refractivity contribution in [1.82, 2.24) is 9.47 Å². The van der Waals surface area contributed by atoms with Gasteiger partial charge >= 0.3 is 0 Å². The number of carbonyl (C=O) groups excluding carboxylic acids is 1. The van der Waals surface area contributed by atoms with Crippen LogP contribution in [0, 0.1) is 18.6 Å². The van der Waals surface area contributed by atoms with Gasteiger partial charge in [-0.05, 0) is 42.9 Å². The minimum absolute atomic E-state index is 0.0163. The third kappa shape index (κ3) is 4.14. The Bertz CT molecular complexity index is 1130. The minimum Gasteiger partial charge on any atom is -0.383 e. The first-order valence-electron chi connectivity index (χ1n) is 11.0. The van der Waals surface area contributed by atoms with Gasteiger partial charge in [-0.15, -0.1) is 0 Å². The van der Waals surface area contributed by atoms with Gasteiger partial charge in [0.1, 0.15) is 11.6 Å². The van der Waals surface area contributed by atoms with Crippen LogP contribution in [0.25, 0.3) is 10.9 Å². The summed E-state index contributed by atoms with van der Waals surface area (Å²) >= 11 is 0. The molecular weight excluding hydrogens is 412 g/mol. The topological polar surface area (TPSA) is 60.5 Å². The van der Waals surface area contributed by atoms with Gasteiger partial charge in [0.25, 0.3) is 5.91 Å². The van der Waals surface area contributed by atoms with Gasteiger partial charge in [-0.2, -0.15) is 0 Å². The molecule has 0 spiro atoms. The lowest BCUT2D eigenvalue weighted by molar-refractivity contribution is 0.0714. The van der Waals surface area contributed by atoms with E-state index < -0.39 is 11.6 Å². The van der Waals surface area contributed by atoms with Crippen LogP contribution in [0.4, 0.5) is 8.78 Å². The number of ether oxygens (including phenoxy) is 1. The van der Waals surface area contributed by atoms with Crippen molar-refractivity contribution in [2.45, 2.75) is 38.8 Å². The molecule has 0 bridgehead atoms. The molecule has 4 rings (SSSR count). The van der Waals surface area contributed by atoms with E-state index in [2.05, 4.69) is 4.57 Å². The summed E-state index contributed by atoms with van der Waals surface area (Å²) in [6.45, 7) is 4.34. The molecule has 0 atom stereocenters. The van der Waals surface area contributed by atoms with Crippen LogP contribution in [0.1, 0.15) is 45.8 Å². The Kier molecular flexibility index (Phi) is 6.58. The number of para-hydroxylation sites is 1. The van der Waals surface area contributed by atoms with Gasteiger partial charge in [0.05, 0.1) is 17.7 Å². The van der Waals surface area contributed by atoms with Crippen molar-refractivity contribution >= 4 is 16.8 Å². The number of hydrogen-bond donors (Lipinski definition) is 1. The van der Waals surface area contributed by atoms with Crippen molar-refractivity contribution in [2.24, 2.45) is 5.73 Å². The Hall–Kier alpha value is -2.77.